The highest BCUT2D eigenvalue weighted by molar-refractivity contribution is 9.10. The Bertz CT molecular complexity index is 652. The lowest BCUT2D eigenvalue weighted by atomic mass is 10.1. The minimum Gasteiger partial charge on any atom is -0.478 e. The minimum absolute atomic E-state index is 0.198. The lowest BCUT2D eigenvalue weighted by Crippen LogP contribution is -2.21. The molecule has 5 nitrogen and oxygen atoms in total. The molecule has 92 valence electrons. The summed E-state index contributed by atoms with van der Waals surface area (Å²) in [4.78, 5) is 26.5. The maximum absolute atomic E-state index is 11.8. The van der Waals surface area contributed by atoms with E-state index in [1.807, 2.05) is 0 Å². The second-order valence-corrected chi connectivity index (χ2v) is 4.53. The highest BCUT2D eigenvalue weighted by Gasteiger charge is 2.05. The van der Waals surface area contributed by atoms with Gasteiger partial charge in [0.2, 0.25) is 0 Å². The molecule has 1 aromatic heterocycles. The Morgan fingerprint density at radius 2 is 2.22 bits per heavy atom. The van der Waals surface area contributed by atoms with E-state index in [4.69, 9.17) is 5.11 Å². The number of rotatable bonds is 3. The van der Waals surface area contributed by atoms with Crippen LogP contribution in [-0.4, -0.2) is 20.6 Å². The summed E-state index contributed by atoms with van der Waals surface area (Å²) in [5.41, 5.74) is 0.728. The van der Waals surface area contributed by atoms with E-state index in [0.29, 0.717) is 4.47 Å². The first-order valence-corrected chi connectivity index (χ1v) is 5.89. The van der Waals surface area contributed by atoms with Crippen LogP contribution in [-0.2, 0) is 6.54 Å². The fraction of sp³-hybridized carbons (Fsp3) is 0.0833. The molecule has 0 atom stereocenters. The molecule has 0 aliphatic heterocycles. The molecule has 0 spiro atoms. The molecule has 0 radical (unpaired) electrons. The molecule has 1 aromatic carbocycles. The molecule has 2 aromatic rings. The Kier molecular flexibility index (Phi) is 3.57. The predicted octanol–water partition coefficient (Wildman–Crippen LogP) is 1.75. The van der Waals surface area contributed by atoms with Crippen molar-refractivity contribution < 1.29 is 9.90 Å². The second-order valence-electron chi connectivity index (χ2n) is 3.68. The van der Waals surface area contributed by atoms with Crippen LogP contribution in [0, 0.1) is 0 Å². The molecule has 18 heavy (non-hydrogen) atoms. The highest BCUT2D eigenvalue weighted by atomic mass is 79.9. The van der Waals surface area contributed by atoms with Crippen molar-refractivity contribution in [1.29, 1.82) is 0 Å². The zero-order valence-electron chi connectivity index (χ0n) is 9.21. The lowest BCUT2D eigenvalue weighted by molar-refractivity contribution is 0.0696. The number of carboxylic acids is 1. The largest absolute Gasteiger partial charge is 0.478 e. The van der Waals surface area contributed by atoms with E-state index in [2.05, 4.69) is 20.9 Å². The molecular formula is C12H9BrN2O3. The maximum Gasteiger partial charge on any atom is 0.335 e. The molecule has 0 saturated carbocycles. The van der Waals surface area contributed by atoms with Gasteiger partial charge in [0.25, 0.3) is 5.56 Å². The zero-order chi connectivity index (χ0) is 13.1. The molecule has 1 heterocycles. The SMILES string of the molecule is O=C(O)c1cccc(Cn2cncc(Br)c2=O)c1. The summed E-state index contributed by atoms with van der Waals surface area (Å²) in [5.74, 6) is -0.989. The Morgan fingerprint density at radius 3 is 2.94 bits per heavy atom. The van der Waals surface area contributed by atoms with Crippen molar-refractivity contribution in [3.05, 3.63) is 62.7 Å². The molecule has 0 unspecified atom stereocenters. The van der Waals surface area contributed by atoms with Gasteiger partial charge in [-0.1, -0.05) is 12.1 Å². The van der Waals surface area contributed by atoms with Crippen molar-refractivity contribution in [2.75, 3.05) is 0 Å². The van der Waals surface area contributed by atoms with Gasteiger partial charge in [0.1, 0.15) is 4.47 Å². The minimum atomic E-state index is -0.989. The highest BCUT2D eigenvalue weighted by Crippen LogP contribution is 2.07. The summed E-state index contributed by atoms with van der Waals surface area (Å²) in [6.45, 7) is 0.284. The molecule has 0 saturated heterocycles. The number of hydrogen-bond donors (Lipinski definition) is 1. The summed E-state index contributed by atoms with van der Waals surface area (Å²) >= 11 is 3.11. The third-order valence-electron chi connectivity index (χ3n) is 2.39. The van der Waals surface area contributed by atoms with Crippen LogP contribution in [0.25, 0.3) is 0 Å². The Hall–Kier alpha value is -1.95. The predicted molar refractivity (Wildman–Crippen MR) is 68.7 cm³/mol. The van der Waals surface area contributed by atoms with Gasteiger partial charge in [0.15, 0.2) is 0 Å². The van der Waals surface area contributed by atoms with Gasteiger partial charge in [0.05, 0.1) is 18.4 Å². The molecule has 0 fully saturated rings. The van der Waals surface area contributed by atoms with E-state index in [9.17, 15) is 9.59 Å². The van der Waals surface area contributed by atoms with Gasteiger partial charge >= 0.3 is 5.97 Å². The van der Waals surface area contributed by atoms with Gasteiger partial charge in [-0.2, -0.15) is 0 Å². The standard InChI is InChI=1S/C12H9BrN2O3/c13-10-5-14-7-15(11(10)16)6-8-2-1-3-9(4-8)12(17)18/h1-5,7H,6H2,(H,17,18). The fourth-order valence-electron chi connectivity index (χ4n) is 1.54. The van der Waals surface area contributed by atoms with Crippen LogP contribution in [0.4, 0.5) is 0 Å². The van der Waals surface area contributed by atoms with Crippen molar-refractivity contribution in [1.82, 2.24) is 9.55 Å². The molecule has 0 bridgehead atoms. The number of aromatic carboxylic acids is 1. The lowest BCUT2D eigenvalue weighted by Gasteiger charge is -2.06. The Morgan fingerprint density at radius 1 is 1.44 bits per heavy atom. The van der Waals surface area contributed by atoms with E-state index in [1.54, 1.807) is 12.1 Å². The van der Waals surface area contributed by atoms with E-state index >= 15 is 0 Å². The number of carbonyl (C=O) groups is 1. The number of carboxylic acid groups (broad SMARTS) is 1. The average molecular weight is 309 g/mol. The van der Waals surface area contributed by atoms with E-state index in [1.165, 1.54) is 29.2 Å². The van der Waals surface area contributed by atoms with E-state index < -0.39 is 5.97 Å². The van der Waals surface area contributed by atoms with Crippen LogP contribution in [0.3, 0.4) is 0 Å². The third kappa shape index (κ3) is 2.65. The van der Waals surface area contributed by atoms with Crippen LogP contribution in [0.15, 0.2) is 46.1 Å². The number of hydrogen-bond acceptors (Lipinski definition) is 3. The smallest absolute Gasteiger partial charge is 0.335 e. The maximum atomic E-state index is 11.8. The summed E-state index contributed by atoms with van der Waals surface area (Å²) in [5, 5.41) is 8.89. The van der Waals surface area contributed by atoms with Gasteiger partial charge < -0.3 is 5.11 Å². The summed E-state index contributed by atoms with van der Waals surface area (Å²) in [6, 6.07) is 6.46. The van der Waals surface area contributed by atoms with Gasteiger partial charge in [0, 0.05) is 6.20 Å². The van der Waals surface area contributed by atoms with E-state index in [0.717, 1.165) is 5.56 Å². The Labute approximate surface area is 111 Å². The van der Waals surface area contributed by atoms with Gasteiger partial charge in [-0.15, -0.1) is 0 Å². The summed E-state index contributed by atoms with van der Waals surface area (Å²) in [7, 11) is 0. The summed E-state index contributed by atoms with van der Waals surface area (Å²) < 4.78 is 1.78. The quantitative estimate of drug-likeness (QED) is 0.937. The van der Waals surface area contributed by atoms with Crippen molar-refractivity contribution in [3.8, 4) is 0 Å². The van der Waals surface area contributed by atoms with Gasteiger partial charge in [-0.3, -0.25) is 9.36 Å². The molecule has 2 rings (SSSR count). The number of aromatic nitrogens is 2. The van der Waals surface area contributed by atoms with Crippen molar-refractivity contribution >= 4 is 21.9 Å². The monoisotopic (exact) mass is 308 g/mol. The first-order valence-electron chi connectivity index (χ1n) is 5.10. The average Bonchev–Trinajstić information content (AvgIpc) is 2.35. The first kappa shape index (κ1) is 12.5. The molecule has 0 aliphatic rings. The van der Waals surface area contributed by atoms with Gasteiger partial charge in [-0.05, 0) is 33.6 Å². The van der Waals surface area contributed by atoms with Crippen LogP contribution in [0.5, 0.6) is 0 Å². The topological polar surface area (TPSA) is 72.2 Å². The molecule has 6 heteroatoms. The Balaban J connectivity index is 2.34. The molecule has 0 amide bonds. The molecule has 0 aliphatic carbocycles. The number of benzene rings is 1. The zero-order valence-corrected chi connectivity index (χ0v) is 10.8. The second kappa shape index (κ2) is 5.14. The van der Waals surface area contributed by atoms with Crippen molar-refractivity contribution in [3.63, 3.8) is 0 Å². The molecule has 1 N–H and O–H groups in total. The number of nitrogens with zero attached hydrogens (tertiary/aromatic N) is 2. The van der Waals surface area contributed by atoms with Crippen LogP contribution < -0.4 is 5.56 Å². The first-order chi connectivity index (χ1) is 8.58. The van der Waals surface area contributed by atoms with Crippen LogP contribution in [0.2, 0.25) is 0 Å². The van der Waals surface area contributed by atoms with Crippen LogP contribution >= 0.6 is 15.9 Å². The third-order valence-corrected chi connectivity index (χ3v) is 2.93. The van der Waals surface area contributed by atoms with Gasteiger partial charge in [-0.25, -0.2) is 9.78 Å². The van der Waals surface area contributed by atoms with Crippen molar-refractivity contribution in [2.45, 2.75) is 6.54 Å². The number of halogens is 1. The molecular weight excluding hydrogens is 300 g/mol. The summed E-state index contributed by atoms with van der Waals surface area (Å²) in [6.07, 6.45) is 2.84. The normalized spacial score (nSPS) is 10.3. The van der Waals surface area contributed by atoms with E-state index in [-0.39, 0.29) is 17.7 Å². The fourth-order valence-corrected chi connectivity index (χ4v) is 1.88. The van der Waals surface area contributed by atoms with Crippen LogP contribution in [0.1, 0.15) is 15.9 Å². The van der Waals surface area contributed by atoms with Crippen molar-refractivity contribution in [2.24, 2.45) is 0 Å².